The molecule has 0 aliphatic rings. The van der Waals surface area contributed by atoms with Gasteiger partial charge in [0.15, 0.2) is 24.2 Å². The Morgan fingerprint density at radius 3 is 2.13 bits per heavy atom. The van der Waals surface area contributed by atoms with Crippen molar-refractivity contribution in [3.63, 3.8) is 0 Å². The van der Waals surface area contributed by atoms with Crippen molar-refractivity contribution >= 4 is 79.5 Å². The van der Waals surface area contributed by atoms with Gasteiger partial charge in [-0.2, -0.15) is 18.3 Å². The van der Waals surface area contributed by atoms with Gasteiger partial charge in [0.1, 0.15) is 34.3 Å². The zero-order chi connectivity index (χ0) is 46.1. The largest absolute Gasteiger partial charge is 0.480 e. The highest BCUT2D eigenvalue weighted by molar-refractivity contribution is 9.10. The van der Waals surface area contributed by atoms with E-state index in [9.17, 15) is 36.3 Å². The number of pyridine rings is 2. The van der Waals surface area contributed by atoms with Gasteiger partial charge in [-0.05, 0) is 103 Å². The molecule has 0 radical (unpaired) electrons. The molecule has 6 rings (SSSR count). The second kappa shape index (κ2) is 21.4. The molecule has 1 atom stereocenters. The van der Waals surface area contributed by atoms with E-state index in [0.717, 1.165) is 30.6 Å². The second-order valence-corrected chi connectivity index (χ2v) is 14.7. The van der Waals surface area contributed by atoms with Gasteiger partial charge in [-0.25, -0.2) is 28.1 Å². The Balaban J connectivity index is 0.000000209. The molecule has 3 heterocycles. The number of ether oxygens (including phenoxy) is 4. The number of hydrogen-bond donors (Lipinski definition) is 2. The zero-order valence-electron chi connectivity index (χ0n) is 32.3. The Kier molecular flexibility index (Phi) is 16.8. The van der Waals surface area contributed by atoms with Gasteiger partial charge < -0.3 is 29.2 Å². The van der Waals surface area contributed by atoms with Crippen molar-refractivity contribution < 1.29 is 65.5 Å². The molecule has 13 nitrogen and oxygen atoms in total. The Bertz CT molecular complexity index is 2580. The summed E-state index contributed by atoms with van der Waals surface area (Å²) in [7, 11) is 1.08. The van der Waals surface area contributed by atoms with Crippen LogP contribution in [0.2, 0.25) is 15.1 Å². The molecule has 2 N–H and O–H groups in total. The van der Waals surface area contributed by atoms with Gasteiger partial charge in [-0.3, -0.25) is 9.67 Å². The van der Waals surface area contributed by atoms with Gasteiger partial charge in [0.05, 0.1) is 31.2 Å². The maximum Gasteiger partial charge on any atom is 0.434 e. The Labute approximate surface area is 372 Å². The fourth-order valence-corrected chi connectivity index (χ4v) is 6.30. The summed E-state index contributed by atoms with van der Waals surface area (Å²) in [5, 5.41) is 22.2. The van der Waals surface area contributed by atoms with E-state index in [4.69, 9.17) is 64.0 Å². The third-order valence-corrected chi connectivity index (χ3v) is 9.24. The van der Waals surface area contributed by atoms with Crippen LogP contribution in [-0.4, -0.2) is 66.7 Å². The van der Waals surface area contributed by atoms with Crippen LogP contribution >= 0.6 is 50.7 Å². The molecule has 3 aromatic carbocycles. The maximum absolute atomic E-state index is 14.3. The Morgan fingerprint density at radius 1 is 0.887 bits per heavy atom. The lowest BCUT2D eigenvalue weighted by Crippen LogP contribution is -2.22. The number of carbonyl (C=O) groups is 3. The summed E-state index contributed by atoms with van der Waals surface area (Å²) >= 11 is 20.2. The van der Waals surface area contributed by atoms with Crippen molar-refractivity contribution in [2.75, 3.05) is 6.61 Å². The van der Waals surface area contributed by atoms with Gasteiger partial charge in [0.25, 0.3) is 5.88 Å². The molecule has 0 aliphatic carbocycles. The van der Waals surface area contributed by atoms with E-state index in [1.54, 1.807) is 44.3 Å². The maximum atomic E-state index is 14.3. The molecule has 22 heteroatoms. The highest BCUT2D eigenvalue weighted by Gasteiger charge is 2.39. The highest BCUT2D eigenvalue weighted by atomic mass is 79.9. The number of carboxylic acid groups (broad SMARTS) is 2. The van der Waals surface area contributed by atoms with E-state index >= 15 is 0 Å². The lowest BCUT2D eigenvalue weighted by molar-refractivity contribution is -0.145. The van der Waals surface area contributed by atoms with Crippen molar-refractivity contribution in [1.29, 1.82) is 0 Å². The van der Waals surface area contributed by atoms with E-state index in [-0.39, 0.29) is 32.7 Å². The van der Waals surface area contributed by atoms with Gasteiger partial charge in [-0.15, -0.1) is 0 Å². The Hall–Kier alpha value is -5.76. The minimum atomic E-state index is -4.69. The number of aromatic nitrogens is 4. The summed E-state index contributed by atoms with van der Waals surface area (Å²) in [5.41, 5.74) is -1.29. The second-order valence-electron chi connectivity index (χ2n) is 12.6. The van der Waals surface area contributed by atoms with Crippen LogP contribution in [0.3, 0.4) is 0 Å². The number of fused-ring (bicyclic) bond motifs is 1. The van der Waals surface area contributed by atoms with Gasteiger partial charge in [0.2, 0.25) is 0 Å². The van der Waals surface area contributed by atoms with Crippen molar-refractivity contribution in [2.24, 2.45) is 7.05 Å². The minimum absolute atomic E-state index is 0.169. The third-order valence-electron chi connectivity index (χ3n) is 7.64. The number of nitrogens with zero attached hydrogens (tertiary/aromatic N) is 4. The standard InChI is InChI=1S/C15H12BrClF4N2O2.C14H11ClFNO4.C11H8ClNO3/c1-6(2)25-14(24)7-4-8(10(18)5-9(7)17)12-11(16)13(15(19,20)21)23(3)22-12;1-8(14(18)19)20-10-2-4-11(5-3-10)21-13-12(16)6-9(15)7-17-13;12-8-3-4-9(16-6-10(14)15)11-7(8)2-1-5-13-11/h4-6H,1-3H3;2-8H,1H3,(H,18,19);1-5H,6H2,(H,14,15)/t;8-;/m.1./s1. The smallest absolute Gasteiger partial charge is 0.434 e. The first kappa shape index (κ1) is 48.9. The number of benzene rings is 3. The molecule has 0 amide bonds. The topological polar surface area (TPSA) is 172 Å². The van der Waals surface area contributed by atoms with E-state index in [0.29, 0.717) is 32.5 Å². The van der Waals surface area contributed by atoms with Crippen LogP contribution in [-0.2, 0) is 27.5 Å². The molecule has 0 aliphatic heterocycles. The van der Waals surface area contributed by atoms with Crippen LogP contribution in [0.4, 0.5) is 22.0 Å². The van der Waals surface area contributed by atoms with Crippen LogP contribution in [0, 0.1) is 11.6 Å². The van der Waals surface area contributed by atoms with Crippen LogP contribution in [0.5, 0.6) is 23.1 Å². The number of rotatable bonds is 11. The predicted molar refractivity (Wildman–Crippen MR) is 220 cm³/mol. The summed E-state index contributed by atoms with van der Waals surface area (Å²) in [4.78, 5) is 41.0. The minimum Gasteiger partial charge on any atom is -0.480 e. The molecule has 328 valence electrons. The Morgan fingerprint density at radius 2 is 1.55 bits per heavy atom. The number of aliphatic carboxylic acids is 2. The summed E-state index contributed by atoms with van der Waals surface area (Å²) in [6.07, 6.45) is -3.23. The molecule has 3 aromatic heterocycles. The van der Waals surface area contributed by atoms with Crippen molar-refractivity contribution in [3.05, 3.63) is 122 Å². The molecular weight excluding hydrogens is 962 g/mol. The lowest BCUT2D eigenvalue weighted by Gasteiger charge is -2.11. The van der Waals surface area contributed by atoms with Crippen LogP contribution in [0.25, 0.3) is 22.2 Å². The number of aryl methyl sites for hydroxylation is 1. The zero-order valence-corrected chi connectivity index (χ0v) is 36.2. The molecule has 0 spiro atoms. The average molecular weight is 993 g/mol. The lowest BCUT2D eigenvalue weighted by atomic mass is 10.1. The molecule has 0 bridgehead atoms. The SMILES string of the molecule is CC(C)OC(=O)c1cc(-c2nn(C)c(C(F)(F)F)c2Br)c(F)cc1Cl.C[C@@H](Oc1ccc(Oc2ncc(Cl)cc2F)cc1)C(=O)O.O=C(O)COc1ccc(Cl)c2cccnc12. The summed E-state index contributed by atoms with van der Waals surface area (Å²) in [5.74, 6) is -3.60. The number of halogens is 9. The first-order valence-electron chi connectivity index (χ1n) is 17.4. The fourth-order valence-electron chi connectivity index (χ4n) is 4.94. The quantitative estimate of drug-likeness (QED) is 0.0931. The summed E-state index contributed by atoms with van der Waals surface area (Å²) in [6, 6.07) is 15.8. The normalized spacial score (nSPS) is 11.5. The number of carboxylic acids is 2. The molecule has 0 saturated carbocycles. The van der Waals surface area contributed by atoms with Crippen LogP contribution < -0.4 is 14.2 Å². The molecule has 6 aromatic rings. The van der Waals surface area contributed by atoms with Crippen molar-refractivity contribution in [1.82, 2.24) is 19.7 Å². The number of carbonyl (C=O) groups excluding carboxylic acids is 1. The van der Waals surface area contributed by atoms with Gasteiger partial charge in [0, 0.05) is 30.4 Å². The number of hydrogen-bond acceptors (Lipinski definition) is 10. The molecular formula is C40H31BrCl3F5N4O9. The van der Waals surface area contributed by atoms with Gasteiger partial charge in [-0.1, -0.05) is 34.8 Å². The van der Waals surface area contributed by atoms with E-state index in [1.165, 1.54) is 37.4 Å². The van der Waals surface area contributed by atoms with E-state index in [2.05, 4.69) is 31.0 Å². The number of alkyl halides is 3. The monoisotopic (exact) mass is 990 g/mol. The molecule has 0 saturated heterocycles. The highest BCUT2D eigenvalue weighted by Crippen LogP contribution is 2.41. The first-order valence-corrected chi connectivity index (χ1v) is 19.4. The predicted octanol–water partition coefficient (Wildman–Crippen LogP) is 11.1. The van der Waals surface area contributed by atoms with E-state index < -0.39 is 64.7 Å². The molecule has 0 unspecified atom stereocenters. The average Bonchev–Trinajstić information content (AvgIpc) is 3.50. The van der Waals surface area contributed by atoms with Crippen molar-refractivity contribution in [3.8, 4) is 34.4 Å². The first-order chi connectivity index (χ1) is 29.1. The number of esters is 1. The van der Waals surface area contributed by atoms with Crippen LogP contribution in [0.15, 0.2) is 83.6 Å². The van der Waals surface area contributed by atoms with Crippen molar-refractivity contribution in [2.45, 2.75) is 39.2 Å². The molecule has 0 fully saturated rings. The third kappa shape index (κ3) is 13.1. The van der Waals surface area contributed by atoms with E-state index in [1.807, 2.05) is 0 Å². The van der Waals surface area contributed by atoms with Gasteiger partial charge >= 0.3 is 24.1 Å². The summed E-state index contributed by atoms with van der Waals surface area (Å²) < 4.78 is 87.7. The molecule has 62 heavy (non-hydrogen) atoms. The summed E-state index contributed by atoms with van der Waals surface area (Å²) in [6.45, 7) is 4.25. The van der Waals surface area contributed by atoms with Crippen LogP contribution in [0.1, 0.15) is 36.8 Å². The fraction of sp³-hybridized carbons (Fsp3) is 0.200.